The molecule has 26 heavy (non-hydrogen) atoms. The van der Waals surface area contributed by atoms with E-state index in [-0.39, 0.29) is 18.2 Å². The van der Waals surface area contributed by atoms with Gasteiger partial charge in [-0.2, -0.15) is 0 Å². The van der Waals surface area contributed by atoms with E-state index in [2.05, 4.69) is 5.32 Å². The Labute approximate surface area is 153 Å². The van der Waals surface area contributed by atoms with Gasteiger partial charge in [-0.05, 0) is 31.5 Å². The van der Waals surface area contributed by atoms with E-state index in [0.29, 0.717) is 22.6 Å². The number of halogens is 1. The van der Waals surface area contributed by atoms with Crippen LogP contribution in [0, 0.1) is 5.82 Å². The first kappa shape index (κ1) is 19.2. The maximum Gasteiger partial charge on any atom is 0.253 e. The Morgan fingerprint density at radius 2 is 1.92 bits per heavy atom. The number of hydrogen-bond acceptors (Lipinski definition) is 3. The number of rotatable bonds is 7. The molecule has 0 unspecified atom stereocenters. The van der Waals surface area contributed by atoms with Crippen LogP contribution >= 0.6 is 0 Å². The van der Waals surface area contributed by atoms with Crippen molar-refractivity contribution >= 4 is 5.91 Å². The third-order valence-electron chi connectivity index (χ3n) is 3.64. The minimum absolute atomic E-state index is 0.0351. The average Bonchev–Trinajstić information content (AvgIpc) is 2.63. The third kappa shape index (κ3) is 5.21. The van der Waals surface area contributed by atoms with Crippen molar-refractivity contribution in [1.82, 2.24) is 5.32 Å². The lowest BCUT2D eigenvalue weighted by molar-refractivity contribution is -0.117. The Morgan fingerprint density at radius 1 is 1.19 bits per heavy atom. The molecule has 0 bridgehead atoms. The molecule has 0 radical (unpaired) electrons. The number of allylic oxidation sites excluding steroid dienone is 2. The molecule has 0 fully saturated rings. The first-order valence-electron chi connectivity index (χ1n) is 8.44. The van der Waals surface area contributed by atoms with E-state index in [0.717, 1.165) is 6.42 Å². The topological polar surface area (TPSA) is 64.3 Å². The lowest BCUT2D eigenvalue weighted by Gasteiger charge is -2.11. The van der Waals surface area contributed by atoms with Crippen molar-refractivity contribution in [2.75, 3.05) is 0 Å². The summed E-state index contributed by atoms with van der Waals surface area (Å²) >= 11 is 0. The van der Waals surface area contributed by atoms with Gasteiger partial charge >= 0.3 is 0 Å². The second-order valence-corrected chi connectivity index (χ2v) is 5.73. The Bertz CT molecular complexity index is 810. The molecule has 0 saturated carbocycles. The van der Waals surface area contributed by atoms with Crippen LogP contribution in [0.15, 0.2) is 72.0 Å². The van der Waals surface area contributed by atoms with Crippen molar-refractivity contribution in [3.8, 4) is 11.5 Å². The molecule has 0 spiro atoms. The van der Waals surface area contributed by atoms with E-state index in [9.17, 15) is 9.18 Å². The summed E-state index contributed by atoms with van der Waals surface area (Å²) in [7, 11) is 0. The van der Waals surface area contributed by atoms with Crippen LogP contribution in [0.3, 0.4) is 0 Å². The minimum atomic E-state index is -0.504. The highest BCUT2D eigenvalue weighted by Gasteiger charge is 2.13. The molecular weight excluding hydrogens is 331 g/mol. The molecule has 2 aromatic rings. The van der Waals surface area contributed by atoms with Crippen LogP contribution in [0.25, 0.3) is 0 Å². The lowest BCUT2D eigenvalue weighted by Crippen LogP contribution is -2.26. The molecule has 0 heterocycles. The summed E-state index contributed by atoms with van der Waals surface area (Å²) in [4.78, 5) is 12.3. The number of nitrogens with one attached hydrogen (secondary N) is 1. The second-order valence-electron chi connectivity index (χ2n) is 5.73. The quantitative estimate of drug-likeness (QED) is 0.571. The molecule has 1 amide bonds. The molecule has 2 aromatic carbocycles. The molecular formula is C21H23FN2O2. The van der Waals surface area contributed by atoms with E-state index >= 15 is 0 Å². The van der Waals surface area contributed by atoms with E-state index < -0.39 is 5.82 Å². The first-order chi connectivity index (χ1) is 12.5. The molecule has 4 nitrogen and oxygen atoms in total. The molecule has 0 aliphatic heterocycles. The predicted octanol–water partition coefficient (Wildman–Crippen LogP) is 4.43. The van der Waals surface area contributed by atoms with Crippen molar-refractivity contribution < 1.29 is 13.9 Å². The van der Waals surface area contributed by atoms with Gasteiger partial charge in [0.1, 0.15) is 5.75 Å². The molecule has 2 rings (SSSR count). The van der Waals surface area contributed by atoms with Crippen LogP contribution in [-0.4, -0.2) is 5.91 Å². The summed E-state index contributed by atoms with van der Waals surface area (Å²) < 4.78 is 20.2. The van der Waals surface area contributed by atoms with Crippen LogP contribution in [0.5, 0.6) is 11.5 Å². The molecule has 0 atom stereocenters. The van der Waals surface area contributed by atoms with Crippen LogP contribution < -0.4 is 15.8 Å². The summed E-state index contributed by atoms with van der Waals surface area (Å²) in [6.45, 7) is 3.66. The number of carbonyl (C=O) groups excluding carboxylic acids is 1. The monoisotopic (exact) mass is 354 g/mol. The molecule has 0 aliphatic rings. The van der Waals surface area contributed by atoms with E-state index in [4.69, 9.17) is 10.5 Å². The highest BCUT2D eigenvalue weighted by atomic mass is 19.1. The zero-order valence-electron chi connectivity index (χ0n) is 15.0. The number of para-hydroxylation sites is 1. The SMILES string of the molecule is CC/C=C\C(C(=O)NCc1cccc(Oc2ccccc2)c1F)=C(/C)N. The van der Waals surface area contributed by atoms with Crippen molar-refractivity contribution in [2.24, 2.45) is 5.73 Å². The maximum atomic E-state index is 14.6. The highest BCUT2D eigenvalue weighted by molar-refractivity contribution is 5.96. The van der Waals surface area contributed by atoms with Gasteiger partial charge < -0.3 is 15.8 Å². The molecule has 3 N–H and O–H groups in total. The number of benzene rings is 2. The third-order valence-corrected chi connectivity index (χ3v) is 3.64. The standard InChI is InChI=1S/C21H23FN2O2/c1-3-4-12-18(15(2)23)21(25)24-14-16-9-8-13-19(20(16)22)26-17-10-6-5-7-11-17/h4-13H,3,14,23H2,1-2H3,(H,24,25)/b12-4-,18-15-. The van der Waals surface area contributed by atoms with Gasteiger partial charge in [0.15, 0.2) is 11.6 Å². The van der Waals surface area contributed by atoms with Gasteiger partial charge in [0.25, 0.3) is 5.91 Å². The summed E-state index contributed by atoms with van der Waals surface area (Å²) in [6.07, 6.45) is 4.31. The molecule has 0 aliphatic carbocycles. The molecule has 0 saturated heterocycles. The summed E-state index contributed by atoms with van der Waals surface area (Å²) in [5, 5.41) is 2.70. The second kappa shape index (κ2) is 9.42. The van der Waals surface area contributed by atoms with Gasteiger partial charge in [-0.25, -0.2) is 4.39 Å². The average molecular weight is 354 g/mol. The van der Waals surface area contributed by atoms with Crippen LogP contribution in [0.4, 0.5) is 4.39 Å². The van der Waals surface area contributed by atoms with Crippen LogP contribution in [-0.2, 0) is 11.3 Å². The smallest absolute Gasteiger partial charge is 0.253 e. The minimum Gasteiger partial charge on any atom is -0.454 e. The number of amides is 1. The fraction of sp³-hybridized carbons (Fsp3) is 0.190. The van der Waals surface area contributed by atoms with Gasteiger partial charge in [0.05, 0.1) is 5.57 Å². The van der Waals surface area contributed by atoms with Gasteiger partial charge in [-0.15, -0.1) is 0 Å². The zero-order valence-corrected chi connectivity index (χ0v) is 15.0. The van der Waals surface area contributed by atoms with Gasteiger partial charge in [-0.1, -0.05) is 49.4 Å². The van der Waals surface area contributed by atoms with E-state index in [1.54, 1.807) is 43.3 Å². The predicted molar refractivity (Wildman–Crippen MR) is 101 cm³/mol. The molecule has 136 valence electrons. The van der Waals surface area contributed by atoms with Gasteiger partial charge in [0.2, 0.25) is 0 Å². The highest BCUT2D eigenvalue weighted by Crippen LogP contribution is 2.26. The number of ether oxygens (including phenoxy) is 1. The fourth-order valence-corrected chi connectivity index (χ4v) is 2.28. The first-order valence-corrected chi connectivity index (χ1v) is 8.44. The summed E-state index contributed by atoms with van der Waals surface area (Å²) in [5.74, 6) is -0.194. The molecule has 0 aromatic heterocycles. The Morgan fingerprint density at radius 3 is 2.58 bits per heavy atom. The van der Waals surface area contributed by atoms with Gasteiger partial charge in [-0.3, -0.25) is 4.79 Å². The summed E-state index contributed by atoms with van der Waals surface area (Å²) in [6, 6.07) is 13.8. The Kier molecular flexibility index (Phi) is 6.97. The van der Waals surface area contributed by atoms with Crippen molar-refractivity contribution in [3.63, 3.8) is 0 Å². The Balaban J connectivity index is 2.10. The van der Waals surface area contributed by atoms with Crippen molar-refractivity contribution in [2.45, 2.75) is 26.8 Å². The zero-order chi connectivity index (χ0) is 18.9. The van der Waals surface area contributed by atoms with Crippen molar-refractivity contribution in [1.29, 1.82) is 0 Å². The number of hydrogen-bond donors (Lipinski definition) is 2. The lowest BCUT2D eigenvalue weighted by atomic mass is 10.1. The summed E-state index contributed by atoms with van der Waals surface area (Å²) in [5.41, 5.74) is 6.88. The fourth-order valence-electron chi connectivity index (χ4n) is 2.28. The molecule has 5 heteroatoms. The number of carbonyl (C=O) groups is 1. The Hall–Kier alpha value is -3.08. The van der Waals surface area contributed by atoms with E-state index in [1.807, 2.05) is 31.2 Å². The van der Waals surface area contributed by atoms with Gasteiger partial charge in [0, 0.05) is 17.8 Å². The normalized spacial score (nSPS) is 12.0. The maximum absolute atomic E-state index is 14.6. The van der Waals surface area contributed by atoms with Crippen LogP contribution in [0.2, 0.25) is 0 Å². The van der Waals surface area contributed by atoms with E-state index in [1.165, 1.54) is 0 Å². The van der Waals surface area contributed by atoms with Crippen molar-refractivity contribution in [3.05, 3.63) is 83.3 Å². The largest absolute Gasteiger partial charge is 0.454 e. The van der Waals surface area contributed by atoms with Crippen LogP contribution in [0.1, 0.15) is 25.8 Å². The number of nitrogens with two attached hydrogens (primary N) is 1.